The molecule has 0 unspecified atom stereocenters. The summed E-state index contributed by atoms with van der Waals surface area (Å²) in [6, 6.07) is 9.60. The van der Waals surface area contributed by atoms with Crippen molar-refractivity contribution in [1.82, 2.24) is 5.32 Å². The zero-order valence-electron chi connectivity index (χ0n) is 13.0. The third kappa shape index (κ3) is 3.11. The predicted molar refractivity (Wildman–Crippen MR) is 81.6 cm³/mol. The topological polar surface area (TPSA) is 65.3 Å². The van der Waals surface area contributed by atoms with Crippen molar-refractivity contribution in [3.05, 3.63) is 35.4 Å². The quantitative estimate of drug-likeness (QED) is 0.842. The van der Waals surface area contributed by atoms with Gasteiger partial charge in [0.2, 0.25) is 0 Å². The first-order chi connectivity index (χ1) is 9.93. The van der Waals surface area contributed by atoms with Crippen LogP contribution in [0.3, 0.4) is 0 Å². The van der Waals surface area contributed by atoms with Crippen LogP contribution in [0.2, 0.25) is 0 Å². The van der Waals surface area contributed by atoms with Crippen LogP contribution in [0.4, 0.5) is 0 Å². The Hall–Kier alpha value is -1.41. The Labute approximate surface area is 126 Å². The second-order valence-electron chi connectivity index (χ2n) is 6.31. The monoisotopic (exact) mass is 288 g/mol. The van der Waals surface area contributed by atoms with Crippen molar-refractivity contribution in [3.63, 3.8) is 0 Å². The Bertz CT molecular complexity index is 519. The summed E-state index contributed by atoms with van der Waals surface area (Å²) in [6.45, 7) is 8.01. The molecule has 4 nitrogen and oxygen atoms in total. The molecule has 1 fully saturated rings. The number of aliphatic hydroxyl groups is 1. The van der Waals surface area contributed by atoms with Gasteiger partial charge in [0.1, 0.15) is 0 Å². The van der Waals surface area contributed by atoms with Gasteiger partial charge in [-0.05, 0) is 24.6 Å². The van der Waals surface area contributed by atoms with Gasteiger partial charge in [0, 0.05) is 31.5 Å². The molecule has 114 valence electrons. The standard InChI is InChI=1S/C17H24N2O2/c1-4-21-15-9-17(20,16(15,2)3)12-19-11-14-7-5-13(10-18)6-8-14/h5-8,15,19-20H,4,9,11-12H2,1-3H3/t15-,17-/m0/s1. The first-order valence-corrected chi connectivity index (χ1v) is 7.46. The lowest BCUT2D eigenvalue weighted by atomic mass is 9.56. The van der Waals surface area contributed by atoms with E-state index in [2.05, 4.69) is 25.2 Å². The lowest BCUT2D eigenvalue weighted by Crippen LogP contribution is -2.68. The second kappa shape index (κ2) is 6.15. The van der Waals surface area contributed by atoms with E-state index in [0.717, 1.165) is 5.56 Å². The number of rotatable bonds is 6. The average Bonchev–Trinajstić information content (AvgIpc) is 2.48. The van der Waals surface area contributed by atoms with Crippen LogP contribution >= 0.6 is 0 Å². The number of nitrogens with zero attached hydrogens (tertiary/aromatic N) is 1. The molecule has 0 bridgehead atoms. The molecule has 0 radical (unpaired) electrons. The summed E-state index contributed by atoms with van der Waals surface area (Å²) >= 11 is 0. The third-order valence-electron chi connectivity index (χ3n) is 4.72. The van der Waals surface area contributed by atoms with Crippen LogP contribution in [0.15, 0.2) is 24.3 Å². The highest BCUT2D eigenvalue weighted by Crippen LogP contribution is 2.50. The molecule has 0 amide bonds. The third-order valence-corrected chi connectivity index (χ3v) is 4.72. The molecule has 0 spiro atoms. The lowest BCUT2D eigenvalue weighted by molar-refractivity contribution is -0.238. The largest absolute Gasteiger partial charge is 0.388 e. The van der Waals surface area contributed by atoms with Crippen molar-refractivity contribution in [2.24, 2.45) is 5.41 Å². The number of ether oxygens (including phenoxy) is 1. The van der Waals surface area contributed by atoms with Crippen molar-refractivity contribution >= 4 is 0 Å². The van der Waals surface area contributed by atoms with Crippen LogP contribution in [0.25, 0.3) is 0 Å². The maximum atomic E-state index is 10.7. The summed E-state index contributed by atoms with van der Waals surface area (Å²) in [6.07, 6.45) is 0.804. The van der Waals surface area contributed by atoms with Crippen molar-refractivity contribution < 1.29 is 9.84 Å². The molecule has 1 aliphatic carbocycles. The fraction of sp³-hybridized carbons (Fsp3) is 0.588. The highest BCUT2D eigenvalue weighted by atomic mass is 16.5. The first-order valence-electron chi connectivity index (χ1n) is 7.46. The molecular formula is C17H24N2O2. The summed E-state index contributed by atoms with van der Waals surface area (Å²) in [5.41, 5.74) is 0.813. The zero-order chi connectivity index (χ0) is 15.5. The molecule has 2 rings (SSSR count). The van der Waals surface area contributed by atoms with Gasteiger partial charge in [0.25, 0.3) is 0 Å². The van der Waals surface area contributed by atoms with Crippen molar-refractivity contribution in [3.8, 4) is 6.07 Å². The summed E-state index contributed by atoms with van der Waals surface area (Å²) in [5, 5.41) is 22.8. The Balaban J connectivity index is 1.84. The van der Waals surface area contributed by atoms with Crippen molar-refractivity contribution in [2.45, 2.75) is 45.4 Å². The molecule has 0 aromatic heterocycles. The van der Waals surface area contributed by atoms with Gasteiger partial charge in [-0.25, -0.2) is 0 Å². The van der Waals surface area contributed by atoms with Gasteiger partial charge >= 0.3 is 0 Å². The Morgan fingerprint density at radius 3 is 2.57 bits per heavy atom. The number of nitrogens with one attached hydrogen (secondary N) is 1. The predicted octanol–water partition coefficient (Wildman–Crippen LogP) is 2.21. The Morgan fingerprint density at radius 2 is 2.05 bits per heavy atom. The van der Waals surface area contributed by atoms with Gasteiger partial charge in [-0.1, -0.05) is 26.0 Å². The number of benzene rings is 1. The first kappa shape index (κ1) is 16.0. The zero-order valence-corrected chi connectivity index (χ0v) is 13.0. The maximum absolute atomic E-state index is 10.7. The van der Waals surface area contributed by atoms with Crippen LogP contribution in [-0.2, 0) is 11.3 Å². The van der Waals surface area contributed by atoms with Crippen LogP contribution in [0.1, 0.15) is 38.3 Å². The van der Waals surface area contributed by atoms with E-state index in [1.807, 2.05) is 31.2 Å². The fourth-order valence-corrected chi connectivity index (χ4v) is 2.87. The second-order valence-corrected chi connectivity index (χ2v) is 6.31. The van der Waals surface area contributed by atoms with E-state index in [-0.39, 0.29) is 11.5 Å². The van der Waals surface area contributed by atoms with Crippen LogP contribution in [0.5, 0.6) is 0 Å². The molecule has 1 aliphatic rings. The van der Waals surface area contributed by atoms with E-state index in [4.69, 9.17) is 10.00 Å². The molecule has 1 aromatic rings. The molecule has 0 aliphatic heterocycles. The minimum absolute atomic E-state index is 0.129. The van der Waals surface area contributed by atoms with Crippen LogP contribution < -0.4 is 5.32 Å². The number of nitriles is 1. The molecule has 1 aromatic carbocycles. The molecule has 2 atom stereocenters. The smallest absolute Gasteiger partial charge is 0.0991 e. The van der Waals surface area contributed by atoms with E-state index in [9.17, 15) is 5.11 Å². The summed E-state index contributed by atoms with van der Waals surface area (Å²) in [5.74, 6) is 0. The van der Waals surface area contributed by atoms with Gasteiger partial charge in [0.05, 0.1) is 23.3 Å². The number of hydrogen-bond donors (Lipinski definition) is 2. The van der Waals surface area contributed by atoms with E-state index < -0.39 is 5.60 Å². The van der Waals surface area contributed by atoms with Crippen molar-refractivity contribution in [2.75, 3.05) is 13.2 Å². The van der Waals surface area contributed by atoms with E-state index in [0.29, 0.717) is 31.7 Å². The fourth-order valence-electron chi connectivity index (χ4n) is 2.87. The Morgan fingerprint density at radius 1 is 1.38 bits per heavy atom. The van der Waals surface area contributed by atoms with Gasteiger partial charge in [-0.3, -0.25) is 0 Å². The van der Waals surface area contributed by atoms with Gasteiger partial charge in [-0.2, -0.15) is 5.26 Å². The molecule has 21 heavy (non-hydrogen) atoms. The Kier molecular flexibility index (Phi) is 4.67. The number of hydrogen-bond acceptors (Lipinski definition) is 4. The van der Waals surface area contributed by atoms with Gasteiger partial charge in [0.15, 0.2) is 0 Å². The van der Waals surface area contributed by atoms with E-state index >= 15 is 0 Å². The normalized spacial score (nSPS) is 26.9. The highest BCUT2D eigenvalue weighted by Gasteiger charge is 2.59. The van der Waals surface area contributed by atoms with Crippen LogP contribution in [-0.4, -0.2) is 30.0 Å². The maximum Gasteiger partial charge on any atom is 0.0991 e. The van der Waals surface area contributed by atoms with Gasteiger partial charge in [-0.15, -0.1) is 0 Å². The highest BCUT2D eigenvalue weighted by molar-refractivity contribution is 5.31. The molecular weight excluding hydrogens is 264 g/mol. The van der Waals surface area contributed by atoms with Gasteiger partial charge < -0.3 is 15.2 Å². The van der Waals surface area contributed by atoms with Crippen molar-refractivity contribution in [1.29, 1.82) is 5.26 Å². The molecule has 4 heteroatoms. The average molecular weight is 288 g/mol. The summed E-state index contributed by atoms with van der Waals surface area (Å²) < 4.78 is 5.66. The molecule has 2 N–H and O–H groups in total. The summed E-state index contributed by atoms with van der Waals surface area (Å²) in [7, 11) is 0. The molecule has 1 saturated carbocycles. The minimum Gasteiger partial charge on any atom is -0.388 e. The van der Waals surface area contributed by atoms with Crippen LogP contribution in [0, 0.1) is 16.7 Å². The summed E-state index contributed by atoms with van der Waals surface area (Å²) in [4.78, 5) is 0. The minimum atomic E-state index is -0.723. The lowest BCUT2D eigenvalue weighted by Gasteiger charge is -2.58. The SMILES string of the molecule is CCO[C@H]1C[C@](O)(CNCc2ccc(C#N)cc2)C1(C)C. The molecule has 0 saturated heterocycles. The van der Waals surface area contributed by atoms with E-state index in [1.165, 1.54) is 0 Å². The molecule has 0 heterocycles. The van der Waals surface area contributed by atoms with E-state index in [1.54, 1.807) is 0 Å².